The lowest BCUT2D eigenvalue weighted by Crippen LogP contribution is -2.39. The topological polar surface area (TPSA) is 78.5 Å². The van der Waals surface area contributed by atoms with Crippen LogP contribution in [-0.4, -0.2) is 24.6 Å². The Kier molecular flexibility index (Phi) is 5.36. The lowest BCUT2D eigenvalue weighted by molar-refractivity contribution is 0.156. The molecular weight excluding hydrogens is 318 g/mol. The second-order valence-corrected chi connectivity index (χ2v) is 6.06. The molecule has 1 saturated heterocycles. The molecule has 2 heterocycles. The van der Waals surface area contributed by atoms with Gasteiger partial charge in [0, 0.05) is 20.2 Å². The van der Waals surface area contributed by atoms with Crippen LogP contribution < -0.4 is 5.32 Å². The van der Waals surface area contributed by atoms with Crippen LogP contribution in [-0.2, 0) is 17.9 Å². The molecule has 0 radical (unpaired) electrons. The number of hydrogen-bond acceptors (Lipinski definition) is 4. The number of carbonyl (C=O) groups is 1. The Labute approximate surface area is 147 Å². The maximum absolute atomic E-state index is 12.6. The molecule has 1 N–H and O–H groups in total. The average Bonchev–Trinajstić information content (AvgIpc) is 3.29. The van der Waals surface area contributed by atoms with Crippen LogP contribution in [0.1, 0.15) is 41.5 Å². The maximum atomic E-state index is 12.6. The minimum absolute atomic E-state index is 0.0453. The summed E-state index contributed by atoms with van der Waals surface area (Å²) in [5.41, 5.74) is 1.50. The Bertz CT molecular complexity index is 778. The Balaban J connectivity index is 1.63. The van der Waals surface area contributed by atoms with Crippen molar-refractivity contribution in [2.75, 3.05) is 13.7 Å². The van der Waals surface area contributed by atoms with Gasteiger partial charge in [-0.15, -0.1) is 0 Å². The summed E-state index contributed by atoms with van der Waals surface area (Å²) < 4.78 is 10.9. The predicted octanol–water partition coefficient (Wildman–Crippen LogP) is 3.34. The van der Waals surface area contributed by atoms with Crippen molar-refractivity contribution in [3.8, 4) is 6.07 Å². The Hall–Kier alpha value is -2.78. The number of amides is 2. The second-order valence-electron chi connectivity index (χ2n) is 6.06. The third-order valence-electron chi connectivity index (χ3n) is 4.31. The van der Waals surface area contributed by atoms with E-state index in [1.165, 1.54) is 0 Å². The molecule has 3 rings (SSSR count). The summed E-state index contributed by atoms with van der Waals surface area (Å²) in [5, 5.41) is 11.9. The van der Waals surface area contributed by atoms with Gasteiger partial charge in [-0.3, -0.25) is 0 Å². The monoisotopic (exact) mass is 339 g/mol. The molecule has 6 heteroatoms. The zero-order chi connectivity index (χ0) is 17.6. The van der Waals surface area contributed by atoms with E-state index < -0.39 is 0 Å². The largest absolute Gasteiger partial charge is 0.461 e. The smallest absolute Gasteiger partial charge is 0.318 e. The molecule has 1 aliphatic heterocycles. The molecule has 1 aromatic heterocycles. The lowest BCUT2D eigenvalue weighted by atomic mass is 10.1. The summed E-state index contributed by atoms with van der Waals surface area (Å²) in [6.07, 6.45) is 1.83. The molecule has 0 aliphatic carbocycles. The molecule has 2 aromatic rings. The molecule has 25 heavy (non-hydrogen) atoms. The summed E-state index contributed by atoms with van der Waals surface area (Å²) in [6, 6.07) is 13.0. The van der Waals surface area contributed by atoms with Crippen LogP contribution in [0, 0.1) is 11.3 Å². The first-order valence-corrected chi connectivity index (χ1v) is 8.32. The van der Waals surface area contributed by atoms with Gasteiger partial charge in [0.05, 0.1) is 17.7 Å². The lowest BCUT2D eigenvalue weighted by Gasteiger charge is -2.23. The number of furan rings is 1. The van der Waals surface area contributed by atoms with Gasteiger partial charge in [-0.2, -0.15) is 5.26 Å². The molecule has 1 unspecified atom stereocenters. The van der Waals surface area contributed by atoms with Crippen molar-refractivity contribution in [2.45, 2.75) is 32.0 Å². The van der Waals surface area contributed by atoms with Gasteiger partial charge in [-0.1, -0.05) is 12.1 Å². The molecule has 2 amide bonds. The van der Waals surface area contributed by atoms with E-state index in [9.17, 15) is 4.79 Å². The fourth-order valence-corrected chi connectivity index (χ4v) is 3.13. The van der Waals surface area contributed by atoms with E-state index in [4.69, 9.17) is 14.4 Å². The number of nitriles is 1. The number of urea groups is 1. The summed E-state index contributed by atoms with van der Waals surface area (Å²) in [7, 11) is 1.62. The van der Waals surface area contributed by atoms with Crippen LogP contribution in [0.2, 0.25) is 0 Å². The van der Waals surface area contributed by atoms with Crippen LogP contribution in [0.4, 0.5) is 4.79 Å². The highest BCUT2D eigenvalue weighted by atomic mass is 16.5. The van der Waals surface area contributed by atoms with E-state index in [0.29, 0.717) is 25.3 Å². The van der Waals surface area contributed by atoms with Crippen molar-refractivity contribution < 1.29 is 13.9 Å². The Morgan fingerprint density at radius 1 is 1.44 bits per heavy atom. The van der Waals surface area contributed by atoms with Gasteiger partial charge in [0.15, 0.2) is 0 Å². The summed E-state index contributed by atoms with van der Waals surface area (Å²) >= 11 is 0. The fourth-order valence-electron chi connectivity index (χ4n) is 3.13. The number of hydrogen-bond donors (Lipinski definition) is 1. The quantitative estimate of drug-likeness (QED) is 0.906. The molecule has 6 nitrogen and oxygen atoms in total. The molecule has 1 aliphatic rings. The van der Waals surface area contributed by atoms with Crippen molar-refractivity contribution in [3.63, 3.8) is 0 Å². The summed E-state index contributed by atoms with van der Waals surface area (Å²) in [6.45, 7) is 1.52. The first-order valence-electron chi connectivity index (χ1n) is 8.32. The molecule has 130 valence electrons. The van der Waals surface area contributed by atoms with Crippen molar-refractivity contribution in [2.24, 2.45) is 0 Å². The highest BCUT2D eigenvalue weighted by Gasteiger charge is 2.32. The van der Waals surface area contributed by atoms with Crippen molar-refractivity contribution in [3.05, 3.63) is 59.0 Å². The zero-order valence-electron chi connectivity index (χ0n) is 14.2. The Morgan fingerprint density at radius 2 is 2.32 bits per heavy atom. The normalized spacial score (nSPS) is 16.6. The number of benzene rings is 1. The van der Waals surface area contributed by atoms with E-state index in [0.717, 1.165) is 29.9 Å². The summed E-state index contributed by atoms with van der Waals surface area (Å²) in [5.74, 6) is 1.56. The number of methoxy groups -OCH3 is 1. The minimum atomic E-state index is -0.116. The first kappa shape index (κ1) is 17.1. The van der Waals surface area contributed by atoms with Crippen LogP contribution >= 0.6 is 0 Å². The van der Waals surface area contributed by atoms with E-state index in [-0.39, 0.29) is 12.1 Å². The predicted molar refractivity (Wildman–Crippen MR) is 91.5 cm³/mol. The van der Waals surface area contributed by atoms with E-state index in [1.807, 2.05) is 29.2 Å². The third kappa shape index (κ3) is 4.01. The van der Waals surface area contributed by atoms with Crippen LogP contribution in [0.5, 0.6) is 0 Å². The number of rotatable bonds is 5. The molecule has 0 saturated carbocycles. The molecule has 0 bridgehead atoms. The second kappa shape index (κ2) is 7.86. The SMILES string of the molecule is COCc1ccc(C2CCCN2C(=O)NCc2cccc(C#N)c2)o1. The maximum Gasteiger partial charge on any atom is 0.318 e. The highest BCUT2D eigenvalue weighted by molar-refractivity contribution is 5.75. The first-order chi connectivity index (χ1) is 12.2. The van der Waals surface area contributed by atoms with Gasteiger partial charge in [-0.25, -0.2) is 4.79 Å². The fraction of sp³-hybridized carbons (Fsp3) is 0.368. The number of nitrogens with zero attached hydrogens (tertiary/aromatic N) is 2. The van der Waals surface area contributed by atoms with Crippen molar-refractivity contribution in [1.29, 1.82) is 5.26 Å². The van der Waals surface area contributed by atoms with Gasteiger partial charge in [0.25, 0.3) is 0 Å². The van der Waals surface area contributed by atoms with Gasteiger partial charge in [0.2, 0.25) is 0 Å². The van der Waals surface area contributed by atoms with Gasteiger partial charge >= 0.3 is 6.03 Å². The van der Waals surface area contributed by atoms with E-state index in [1.54, 1.807) is 19.2 Å². The van der Waals surface area contributed by atoms with Gasteiger partial charge in [0.1, 0.15) is 18.1 Å². The number of ether oxygens (including phenoxy) is 1. The Morgan fingerprint density at radius 3 is 3.12 bits per heavy atom. The molecular formula is C19H21N3O3. The highest BCUT2D eigenvalue weighted by Crippen LogP contribution is 2.33. The minimum Gasteiger partial charge on any atom is -0.461 e. The van der Waals surface area contributed by atoms with Crippen LogP contribution in [0.15, 0.2) is 40.8 Å². The van der Waals surface area contributed by atoms with E-state index >= 15 is 0 Å². The number of carbonyl (C=O) groups excluding carboxylic acids is 1. The summed E-state index contributed by atoms with van der Waals surface area (Å²) in [4.78, 5) is 14.4. The molecule has 1 atom stereocenters. The van der Waals surface area contributed by atoms with Crippen molar-refractivity contribution >= 4 is 6.03 Å². The number of likely N-dealkylation sites (tertiary alicyclic amines) is 1. The van der Waals surface area contributed by atoms with Gasteiger partial charge in [-0.05, 0) is 42.7 Å². The molecule has 1 aromatic carbocycles. The average molecular weight is 339 g/mol. The molecule has 0 spiro atoms. The molecule has 1 fully saturated rings. The van der Waals surface area contributed by atoms with Crippen LogP contribution in [0.25, 0.3) is 0 Å². The van der Waals surface area contributed by atoms with Gasteiger partial charge < -0.3 is 19.4 Å². The van der Waals surface area contributed by atoms with Crippen LogP contribution in [0.3, 0.4) is 0 Å². The zero-order valence-corrected chi connectivity index (χ0v) is 14.2. The van der Waals surface area contributed by atoms with E-state index in [2.05, 4.69) is 11.4 Å². The third-order valence-corrected chi connectivity index (χ3v) is 4.31. The number of nitrogens with one attached hydrogen (secondary N) is 1. The standard InChI is InChI=1S/C19H21N3O3/c1-24-13-16-7-8-18(25-16)17-6-3-9-22(17)19(23)21-12-15-5-2-4-14(10-15)11-20/h2,4-5,7-8,10,17H,3,6,9,12-13H2,1H3,(H,21,23). The van der Waals surface area contributed by atoms with Crippen molar-refractivity contribution in [1.82, 2.24) is 10.2 Å².